The molecule has 0 bridgehead atoms. The topological polar surface area (TPSA) is 93.7 Å². The smallest absolute Gasteiger partial charge is 0.266 e. The summed E-state index contributed by atoms with van der Waals surface area (Å²) in [7, 11) is -3.26. The first-order valence-electron chi connectivity index (χ1n) is 7.87. The molecule has 0 unspecified atom stereocenters. The fourth-order valence-corrected chi connectivity index (χ4v) is 3.09. The molecule has 146 valence electrons. The number of carbonyl (C=O) groups is 1. The van der Waals surface area contributed by atoms with E-state index in [2.05, 4.69) is 0 Å². The summed E-state index contributed by atoms with van der Waals surface area (Å²) in [6, 6.07) is 6.84. The minimum Gasteiger partial charge on any atom is -0.493 e. The lowest BCUT2D eigenvalue weighted by atomic mass is 10.2. The first kappa shape index (κ1) is 20.6. The van der Waals surface area contributed by atoms with Crippen LogP contribution in [0.15, 0.2) is 41.3 Å². The molecule has 0 aromatic heterocycles. The molecule has 27 heavy (non-hydrogen) atoms. The molecule has 0 aliphatic rings. The molecule has 2 aromatic carbocycles. The van der Waals surface area contributed by atoms with Crippen molar-refractivity contribution in [1.29, 1.82) is 0 Å². The molecule has 0 heterocycles. The lowest BCUT2D eigenvalue weighted by Crippen LogP contribution is -2.42. The van der Waals surface area contributed by atoms with Gasteiger partial charge >= 0.3 is 0 Å². The molecular weight excluding hydrogens is 382 g/mol. The SMILES string of the molecule is CCCOc1ccc(C(=O)NNS(=O)(=O)c2c(F)cccc2F)cc1OC. The minimum atomic E-state index is -4.65. The second-order valence-electron chi connectivity index (χ2n) is 5.32. The zero-order valence-corrected chi connectivity index (χ0v) is 15.4. The van der Waals surface area contributed by atoms with Crippen molar-refractivity contribution in [2.75, 3.05) is 13.7 Å². The number of hydrogen-bond acceptors (Lipinski definition) is 5. The highest BCUT2D eigenvalue weighted by Gasteiger charge is 2.24. The Morgan fingerprint density at radius 3 is 2.37 bits per heavy atom. The van der Waals surface area contributed by atoms with Crippen LogP contribution in [0.5, 0.6) is 11.5 Å². The summed E-state index contributed by atoms with van der Waals surface area (Å²) in [4.78, 5) is 12.6. The van der Waals surface area contributed by atoms with E-state index in [0.717, 1.165) is 24.6 Å². The van der Waals surface area contributed by atoms with Crippen molar-refractivity contribution in [1.82, 2.24) is 10.3 Å². The fraction of sp³-hybridized carbons (Fsp3) is 0.235. The molecule has 0 spiro atoms. The van der Waals surface area contributed by atoms with E-state index in [9.17, 15) is 22.0 Å². The van der Waals surface area contributed by atoms with Crippen molar-refractivity contribution in [2.45, 2.75) is 18.2 Å². The van der Waals surface area contributed by atoms with Gasteiger partial charge in [-0.15, -0.1) is 4.83 Å². The Morgan fingerprint density at radius 1 is 1.11 bits per heavy atom. The first-order valence-corrected chi connectivity index (χ1v) is 9.35. The number of sulfonamides is 1. The number of nitrogens with one attached hydrogen (secondary N) is 2. The van der Waals surface area contributed by atoms with Crippen LogP contribution in [0.2, 0.25) is 0 Å². The number of hydrazine groups is 1. The molecule has 2 N–H and O–H groups in total. The summed E-state index contributed by atoms with van der Waals surface area (Å²) in [6.07, 6.45) is 0.778. The summed E-state index contributed by atoms with van der Waals surface area (Å²) in [5, 5.41) is 0. The molecule has 2 aromatic rings. The highest BCUT2D eigenvalue weighted by molar-refractivity contribution is 7.89. The van der Waals surface area contributed by atoms with Gasteiger partial charge in [0, 0.05) is 5.56 Å². The normalized spacial score (nSPS) is 11.1. The monoisotopic (exact) mass is 400 g/mol. The maximum absolute atomic E-state index is 13.6. The van der Waals surface area contributed by atoms with Crippen LogP contribution < -0.4 is 19.7 Å². The van der Waals surface area contributed by atoms with E-state index < -0.39 is 32.5 Å². The summed E-state index contributed by atoms with van der Waals surface area (Å²) in [5.41, 5.74) is 1.95. The summed E-state index contributed by atoms with van der Waals surface area (Å²) in [6.45, 7) is 2.38. The van der Waals surface area contributed by atoms with Crippen molar-refractivity contribution in [3.8, 4) is 11.5 Å². The molecule has 0 saturated heterocycles. The van der Waals surface area contributed by atoms with Gasteiger partial charge in [0.2, 0.25) is 0 Å². The number of amides is 1. The second kappa shape index (κ2) is 8.78. The number of carbonyl (C=O) groups excluding carboxylic acids is 1. The van der Waals surface area contributed by atoms with E-state index in [4.69, 9.17) is 9.47 Å². The highest BCUT2D eigenvalue weighted by Crippen LogP contribution is 2.28. The van der Waals surface area contributed by atoms with Crippen molar-refractivity contribution in [3.05, 3.63) is 53.6 Å². The third kappa shape index (κ3) is 4.92. The Bertz CT molecular complexity index is 915. The molecule has 0 aliphatic carbocycles. The van der Waals surface area contributed by atoms with Crippen LogP contribution in [-0.2, 0) is 10.0 Å². The van der Waals surface area contributed by atoms with E-state index in [0.29, 0.717) is 12.4 Å². The van der Waals surface area contributed by atoms with E-state index in [1.165, 1.54) is 25.3 Å². The molecular formula is C17H18F2N2O5S. The predicted molar refractivity (Wildman–Crippen MR) is 92.9 cm³/mol. The Kier molecular flexibility index (Phi) is 6.70. The number of methoxy groups -OCH3 is 1. The molecule has 0 fully saturated rings. The first-order chi connectivity index (χ1) is 12.8. The van der Waals surface area contributed by atoms with E-state index in [-0.39, 0.29) is 11.3 Å². The summed E-state index contributed by atoms with van der Waals surface area (Å²) in [5.74, 6) is -2.72. The second-order valence-corrected chi connectivity index (χ2v) is 6.94. The van der Waals surface area contributed by atoms with Gasteiger partial charge in [-0.05, 0) is 36.8 Å². The van der Waals surface area contributed by atoms with Gasteiger partial charge in [0.25, 0.3) is 15.9 Å². The quantitative estimate of drug-likeness (QED) is 0.664. The van der Waals surface area contributed by atoms with Crippen molar-refractivity contribution < 1.29 is 31.5 Å². The number of halogens is 2. The van der Waals surface area contributed by atoms with Gasteiger partial charge in [-0.3, -0.25) is 10.2 Å². The average molecular weight is 400 g/mol. The van der Waals surface area contributed by atoms with Crippen LogP contribution in [0, 0.1) is 11.6 Å². The maximum atomic E-state index is 13.6. The highest BCUT2D eigenvalue weighted by atomic mass is 32.2. The number of hydrogen-bond donors (Lipinski definition) is 2. The van der Waals surface area contributed by atoms with Gasteiger partial charge in [0.05, 0.1) is 13.7 Å². The minimum absolute atomic E-state index is 0.0485. The van der Waals surface area contributed by atoms with Crippen LogP contribution in [0.4, 0.5) is 8.78 Å². The molecule has 7 nitrogen and oxygen atoms in total. The van der Waals surface area contributed by atoms with Gasteiger partial charge < -0.3 is 9.47 Å². The average Bonchev–Trinajstić information content (AvgIpc) is 2.64. The van der Waals surface area contributed by atoms with Crippen molar-refractivity contribution in [2.24, 2.45) is 0 Å². The van der Waals surface area contributed by atoms with Crippen molar-refractivity contribution in [3.63, 3.8) is 0 Å². The zero-order chi connectivity index (χ0) is 20.0. The Labute approximate surface area is 155 Å². The van der Waals surface area contributed by atoms with Crippen LogP contribution in [0.1, 0.15) is 23.7 Å². The van der Waals surface area contributed by atoms with Gasteiger partial charge in [-0.2, -0.15) is 0 Å². The number of ether oxygens (including phenoxy) is 2. The van der Waals surface area contributed by atoms with Crippen LogP contribution in [-0.4, -0.2) is 28.0 Å². The Hall–Kier alpha value is -2.72. The van der Waals surface area contributed by atoms with Gasteiger partial charge in [0.1, 0.15) is 11.6 Å². The molecule has 2 rings (SSSR count). The third-order valence-corrected chi connectivity index (χ3v) is 4.67. The standard InChI is InChI=1S/C17H18F2N2O5S/c1-3-9-26-14-8-7-11(10-15(14)25-2)17(22)20-21-27(23,24)16-12(18)5-4-6-13(16)19/h4-8,10,21H,3,9H2,1-2H3,(H,20,22). The maximum Gasteiger partial charge on any atom is 0.266 e. The molecule has 0 aliphatic heterocycles. The molecule has 0 saturated carbocycles. The van der Waals surface area contributed by atoms with E-state index in [1.54, 1.807) is 4.83 Å². The molecule has 1 amide bonds. The van der Waals surface area contributed by atoms with Crippen molar-refractivity contribution >= 4 is 15.9 Å². The number of benzene rings is 2. The summed E-state index contributed by atoms with van der Waals surface area (Å²) < 4.78 is 62.0. The molecule has 0 radical (unpaired) electrons. The Morgan fingerprint density at radius 2 is 1.78 bits per heavy atom. The van der Waals surface area contributed by atoms with Gasteiger partial charge in [0.15, 0.2) is 16.4 Å². The fourth-order valence-electron chi connectivity index (χ4n) is 2.12. The van der Waals surface area contributed by atoms with E-state index >= 15 is 0 Å². The van der Waals surface area contributed by atoms with Crippen LogP contribution in [0.25, 0.3) is 0 Å². The van der Waals surface area contributed by atoms with Crippen LogP contribution >= 0.6 is 0 Å². The lowest BCUT2D eigenvalue weighted by molar-refractivity contribution is 0.0944. The largest absolute Gasteiger partial charge is 0.493 e. The van der Waals surface area contributed by atoms with Crippen LogP contribution in [0.3, 0.4) is 0 Å². The van der Waals surface area contributed by atoms with Gasteiger partial charge in [-0.1, -0.05) is 13.0 Å². The number of rotatable bonds is 8. The Balaban J connectivity index is 2.15. The lowest BCUT2D eigenvalue weighted by Gasteiger charge is -2.12. The third-order valence-electron chi connectivity index (χ3n) is 3.37. The van der Waals surface area contributed by atoms with E-state index in [1.807, 2.05) is 12.3 Å². The molecule has 10 heteroatoms. The summed E-state index contributed by atoms with van der Waals surface area (Å²) >= 11 is 0. The zero-order valence-electron chi connectivity index (χ0n) is 14.6. The predicted octanol–water partition coefficient (Wildman–Crippen LogP) is 2.39. The molecule has 0 atom stereocenters. The van der Waals surface area contributed by atoms with Gasteiger partial charge in [-0.25, -0.2) is 17.2 Å².